The van der Waals surface area contributed by atoms with Crippen LogP contribution in [0, 0.1) is 16.0 Å². The number of hydrogen-bond acceptors (Lipinski definition) is 3. The molecule has 0 saturated carbocycles. The van der Waals surface area contributed by atoms with Gasteiger partial charge in [-0.15, -0.1) is 0 Å². The van der Waals surface area contributed by atoms with E-state index in [1.165, 1.54) is 55.8 Å². The monoisotopic (exact) mass is 798 g/mol. The van der Waals surface area contributed by atoms with Crippen LogP contribution in [0.3, 0.4) is 0 Å². The number of nitro groups is 1. The van der Waals surface area contributed by atoms with Gasteiger partial charge in [-0.05, 0) is 102 Å². The Hall–Kier alpha value is -5.78. The van der Waals surface area contributed by atoms with Crippen LogP contribution in [-0.2, 0) is 30.1 Å². The van der Waals surface area contributed by atoms with E-state index in [-0.39, 0.29) is 10.6 Å². The third-order valence-corrected chi connectivity index (χ3v) is 12.6. The average molecular weight is 799 g/mol. The van der Waals surface area contributed by atoms with E-state index in [1.54, 1.807) is 12.1 Å². The van der Waals surface area contributed by atoms with Gasteiger partial charge in [0, 0.05) is 64.6 Å². The van der Waals surface area contributed by atoms with Crippen LogP contribution in [-0.4, -0.2) is 28.3 Å². The summed E-state index contributed by atoms with van der Waals surface area (Å²) in [6.07, 6.45) is 11.3. The number of allylic oxidation sites excluding steroid dienone is 4. The standard InChI is InChI=1S/C53H53ClN3O2/c1-5-31-55-47-29-27-43(54)34-46(47)53(36-39-16-8-6-9-17-39,37-40-18-10-7-11-19-40)50(55)25-15-24-49-52(4,35-41-20-14-22-44(33-41)57(58)59)51-45-23-13-12-21-42(45)26-28-48(51)56(49)32-30-38(2)3/h6-29,33-34,38H,5,30-32,35-37H2,1-4H3/q+1. The molecule has 1 atom stereocenters. The maximum absolute atomic E-state index is 12.0. The Morgan fingerprint density at radius 1 is 0.797 bits per heavy atom. The predicted molar refractivity (Wildman–Crippen MR) is 246 cm³/mol. The Kier molecular flexibility index (Phi) is 11.4. The summed E-state index contributed by atoms with van der Waals surface area (Å²) in [7, 11) is 0. The van der Waals surface area contributed by atoms with E-state index >= 15 is 0 Å². The molecule has 6 heteroatoms. The number of nitro benzene ring substituents is 1. The summed E-state index contributed by atoms with van der Waals surface area (Å²) >= 11 is 6.90. The van der Waals surface area contributed by atoms with Gasteiger partial charge < -0.3 is 4.90 Å². The lowest BCUT2D eigenvalue weighted by Crippen LogP contribution is -2.36. The summed E-state index contributed by atoms with van der Waals surface area (Å²) in [6, 6.07) is 48.5. The Bertz CT molecular complexity index is 2550. The van der Waals surface area contributed by atoms with Gasteiger partial charge in [-0.25, -0.2) is 0 Å². The van der Waals surface area contributed by atoms with Crippen molar-refractivity contribution in [1.29, 1.82) is 0 Å². The molecule has 6 aromatic carbocycles. The fraction of sp³-hybridized carbons (Fsp3) is 0.264. The van der Waals surface area contributed by atoms with Crippen LogP contribution in [0.15, 0.2) is 163 Å². The summed E-state index contributed by atoms with van der Waals surface area (Å²) in [5, 5.41) is 15.1. The molecule has 0 amide bonds. The molecule has 0 N–H and O–H groups in total. The molecule has 1 unspecified atom stereocenters. The van der Waals surface area contributed by atoms with Crippen LogP contribution >= 0.6 is 11.6 Å². The number of benzene rings is 6. The van der Waals surface area contributed by atoms with Crippen molar-refractivity contribution in [3.05, 3.63) is 206 Å². The first-order valence-corrected chi connectivity index (χ1v) is 21.4. The van der Waals surface area contributed by atoms with Crippen molar-refractivity contribution in [3.63, 3.8) is 0 Å². The predicted octanol–water partition coefficient (Wildman–Crippen LogP) is 13.1. The van der Waals surface area contributed by atoms with Gasteiger partial charge in [0.1, 0.15) is 6.54 Å². The van der Waals surface area contributed by atoms with Crippen LogP contribution in [0.25, 0.3) is 10.8 Å². The van der Waals surface area contributed by atoms with Crippen LogP contribution in [0.1, 0.15) is 68.4 Å². The van der Waals surface area contributed by atoms with Crippen molar-refractivity contribution in [2.24, 2.45) is 5.92 Å². The zero-order chi connectivity index (χ0) is 41.1. The number of fused-ring (bicyclic) bond motifs is 4. The van der Waals surface area contributed by atoms with Gasteiger partial charge in [0.15, 0.2) is 5.71 Å². The topological polar surface area (TPSA) is 49.4 Å². The maximum Gasteiger partial charge on any atom is 0.269 e. The molecule has 0 aliphatic carbocycles. The maximum atomic E-state index is 12.0. The number of hydrogen-bond donors (Lipinski definition) is 0. The van der Waals surface area contributed by atoms with E-state index in [1.807, 2.05) is 18.2 Å². The molecule has 6 aromatic rings. The number of non-ortho nitro benzene ring substituents is 1. The zero-order valence-corrected chi connectivity index (χ0v) is 35.3. The molecule has 2 heterocycles. The molecule has 0 radical (unpaired) electrons. The number of rotatable bonds is 14. The Morgan fingerprint density at radius 2 is 1.47 bits per heavy atom. The average Bonchev–Trinajstić information content (AvgIpc) is 3.61. The highest BCUT2D eigenvalue weighted by atomic mass is 35.5. The van der Waals surface area contributed by atoms with Crippen molar-refractivity contribution in [1.82, 2.24) is 0 Å². The second kappa shape index (κ2) is 16.8. The first kappa shape index (κ1) is 40.0. The lowest BCUT2D eigenvalue weighted by Gasteiger charge is -2.34. The smallest absolute Gasteiger partial charge is 0.269 e. The lowest BCUT2D eigenvalue weighted by molar-refractivity contribution is -0.439. The molecule has 8 rings (SSSR count). The number of nitrogens with zero attached hydrogens (tertiary/aromatic N) is 3. The van der Waals surface area contributed by atoms with Crippen molar-refractivity contribution in [3.8, 4) is 0 Å². The minimum atomic E-state index is -0.488. The second-order valence-corrected chi connectivity index (χ2v) is 17.4. The Morgan fingerprint density at radius 3 is 2.15 bits per heavy atom. The second-order valence-electron chi connectivity index (χ2n) is 17.0. The van der Waals surface area contributed by atoms with E-state index in [2.05, 4.69) is 165 Å². The molecule has 0 fully saturated rings. The van der Waals surface area contributed by atoms with Gasteiger partial charge in [-0.3, -0.25) is 10.1 Å². The summed E-state index contributed by atoms with van der Waals surface area (Å²) in [5.74, 6) is 0.512. The molecule has 298 valence electrons. The van der Waals surface area contributed by atoms with Crippen molar-refractivity contribution in [2.75, 3.05) is 18.0 Å². The van der Waals surface area contributed by atoms with Gasteiger partial charge in [0.25, 0.3) is 5.69 Å². The molecule has 0 bridgehead atoms. The summed E-state index contributed by atoms with van der Waals surface area (Å²) in [5.41, 5.74) is 10.1. The normalized spacial score (nSPS) is 17.7. The van der Waals surface area contributed by atoms with Crippen LogP contribution in [0.2, 0.25) is 5.02 Å². The summed E-state index contributed by atoms with van der Waals surface area (Å²) < 4.78 is 2.53. The number of anilines is 1. The van der Waals surface area contributed by atoms with Crippen LogP contribution in [0.4, 0.5) is 17.1 Å². The summed E-state index contributed by atoms with van der Waals surface area (Å²) in [6.45, 7) is 10.9. The molecular formula is C53H53ClN3O2+. The van der Waals surface area contributed by atoms with Gasteiger partial charge in [0.2, 0.25) is 5.69 Å². The zero-order valence-electron chi connectivity index (χ0n) is 34.6. The quantitative estimate of drug-likeness (QED) is 0.0626. The van der Waals surface area contributed by atoms with Crippen molar-refractivity contribution < 1.29 is 9.50 Å². The van der Waals surface area contributed by atoms with Gasteiger partial charge in [-0.1, -0.05) is 136 Å². The van der Waals surface area contributed by atoms with E-state index < -0.39 is 10.8 Å². The Balaban J connectivity index is 1.34. The third-order valence-electron chi connectivity index (χ3n) is 12.4. The molecule has 2 aliphatic rings. The molecular weight excluding hydrogens is 746 g/mol. The van der Waals surface area contributed by atoms with Gasteiger partial charge in [0.05, 0.1) is 10.3 Å². The van der Waals surface area contributed by atoms with Gasteiger partial charge in [-0.2, -0.15) is 4.58 Å². The SMILES string of the molecule is CCCN1C(=CC=CC2=[N+](CCC(C)C)c3ccc4ccccc4c3C2(C)Cc2cccc([N+](=O)[O-])c2)C(Cc2ccccc2)(Cc2ccccc2)c2cc(Cl)ccc21. The first-order chi connectivity index (χ1) is 28.6. The fourth-order valence-corrected chi connectivity index (χ4v) is 9.98. The highest BCUT2D eigenvalue weighted by molar-refractivity contribution is 6.30. The minimum Gasteiger partial charge on any atom is -0.344 e. The number of halogens is 1. The fourth-order valence-electron chi connectivity index (χ4n) is 9.81. The molecule has 0 aromatic heterocycles. The highest BCUT2D eigenvalue weighted by Crippen LogP contribution is 2.53. The van der Waals surface area contributed by atoms with Crippen molar-refractivity contribution >= 4 is 45.1 Å². The largest absolute Gasteiger partial charge is 0.344 e. The van der Waals surface area contributed by atoms with Crippen LogP contribution < -0.4 is 4.90 Å². The molecule has 0 saturated heterocycles. The molecule has 5 nitrogen and oxygen atoms in total. The highest BCUT2D eigenvalue weighted by Gasteiger charge is 2.50. The first-order valence-electron chi connectivity index (χ1n) is 21.1. The van der Waals surface area contributed by atoms with E-state index in [0.29, 0.717) is 12.3 Å². The Labute approximate surface area is 354 Å². The third kappa shape index (κ3) is 7.77. The van der Waals surface area contributed by atoms with Gasteiger partial charge >= 0.3 is 0 Å². The lowest BCUT2D eigenvalue weighted by atomic mass is 9.70. The van der Waals surface area contributed by atoms with E-state index in [4.69, 9.17) is 11.6 Å². The van der Waals surface area contributed by atoms with Crippen LogP contribution in [0.5, 0.6) is 0 Å². The molecule has 0 spiro atoms. The van der Waals surface area contributed by atoms with Crippen molar-refractivity contribution in [2.45, 2.75) is 70.6 Å². The van der Waals surface area contributed by atoms with E-state index in [9.17, 15) is 10.1 Å². The summed E-state index contributed by atoms with van der Waals surface area (Å²) in [4.78, 5) is 14.2. The van der Waals surface area contributed by atoms with E-state index in [0.717, 1.165) is 49.4 Å². The minimum absolute atomic E-state index is 0.116. The molecule has 59 heavy (non-hydrogen) atoms. The molecule has 2 aliphatic heterocycles.